The molecule has 0 spiro atoms. The maximum absolute atomic E-state index is 15.4. The number of nitrogens with one attached hydrogen (secondary N) is 2. The molecule has 2 heterocycles. The van der Waals surface area contributed by atoms with Crippen molar-refractivity contribution in [2.75, 3.05) is 19.0 Å². The first-order chi connectivity index (χ1) is 18.3. The maximum atomic E-state index is 15.4. The Balaban J connectivity index is 2.19. The number of carbonyl (C=O) groups is 2. The second kappa shape index (κ2) is 13.9. The van der Waals surface area contributed by atoms with Crippen molar-refractivity contribution >= 4 is 52.9 Å². The monoisotopic (exact) mass is 647 g/mol. The van der Waals surface area contributed by atoms with Crippen molar-refractivity contribution in [3.8, 4) is 0 Å². The van der Waals surface area contributed by atoms with Gasteiger partial charge in [-0.15, -0.1) is 0 Å². The fraction of sp³-hybridized carbons (Fsp3) is 0.739. The van der Waals surface area contributed by atoms with E-state index in [1.165, 1.54) is 13.8 Å². The standard InChI is InChI=1S/C23H36ClFN3O9PS2/c1-12(2)36-18(31)14(4)27-38(39,34-8-9-40-20(32)22(5,6)7)35-11-15-16(29)23(24,25)19(37-15)28-10-13(3)17(30)26-21(28)33/h10,12,14-16,19,29H,8-9,11H2,1-7H3,(H,27,39)(H,26,30,33)/t14-,15-,16-,19-,23+,38+/m1/s1. The molecule has 1 aromatic heterocycles. The van der Waals surface area contributed by atoms with E-state index in [1.54, 1.807) is 34.6 Å². The van der Waals surface area contributed by atoms with Crippen molar-refractivity contribution in [2.45, 2.75) is 84.2 Å². The van der Waals surface area contributed by atoms with E-state index in [0.717, 1.165) is 22.5 Å². The molecule has 3 N–H and O–H groups in total. The summed E-state index contributed by atoms with van der Waals surface area (Å²) in [6, 6.07) is -0.963. The predicted octanol–water partition coefficient (Wildman–Crippen LogP) is 2.50. The second-order valence-electron chi connectivity index (χ2n) is 10.5. The van der Waals surface area contributed by atoms with E-state index in [4.69, 9.17) is 41.9 Å². The van der Waals surface area contributed by atoms with E-state index in [9.17, 15) is 24.3 Å². The minimum absolute atomic E-state index is 0.0337. The van der Waals surface area contributed by atoms with Gasteiger partial charge in [-0.2, -0.15) is 0 Å². The van der Waals surface area contributed by atoms with Gasteiger partial charge >= 0.3 is 11.7 Å². The molecule has 0 amide bonds. The van der Waals surface area contributed by atoms with Crippen LogP contribution >= 0.6 is 30.0 Å². The lowest BCUT2D eigenvalue weighted by Crippen LogP contribution is -2.42. The minimum Gasteiger partial charge on any atom is -0.462 e. The number of hydrogen-bond donors (Lipinski definition) is 3. The largest absolute Gasteiger partial charge is 0.462 e. The molecule has 1 aromatic rings. The number of thioether (sulfide) groups is 1. The number of aryl methyl sites for hydroxylation is 1. The van der Waals surface area contributed by atoms with Gasteiger partial charge in [-0.25, -0.2) is 14.3 Å². The van der Waals surface area contributed by atoms with Gasteiger partial charge in [0.15, 0.2) is 11.3 Å². The number of hydrogen-bond acceptors (Lipinski definition) is 11. The average Bonchev–Trinajstić information content (AvgIpc) is 3.05. The van der Waals surface area contributed by atoms with Crippen LogP contribution in [-0.4, -0.2) is 74.2 Å². The lowest BCUT2D eigenvalue weighted by molar-refractivity contribution is -0.149. The van der Waals surface area contributed by atoms with Gasteiger partial charge in [-0.1, -0.05) is 44.1 Å². The smallest absolute Gasteiger partial charge is 0.330 e. The first kappa shape index (κ1) is 35.0. The Bertz CT molecular complexity index is 1240. The van der Waals surface area contributed by atoms with Crippen LogP contribution in [0.1, 0.15) is 53.3 Å². The topological polar surface area (TPSA) is 158 Å². The van der Waals surface area contributed by atoms with E-state index in [1.807, 2.05) is 4.98 Å². The lowest BCUT2D eigenvalue weighted by atomic mass is 10.00. The Hall–Kier alpha value is -1.16. The molecule has 0 aromatic carbocycles. The molecular formula is C23H36ClFN3O9PS2. The molecule has 1 aliphatic heterocycles. The van der Waals surface area contributed by atoms with Crippen molar-refractivity contribution in [1.29, 1.82) is 0 Å². The fourth-order valence-corrected chi connectivity index (χ4v) is 6.85. The number of halogens is 2. The summed E-state index contributed by atoms with van der Waals surface area (Å²) >= 11 is 12.6. The van der Waals surface area contributed by atoms with Gasteiger partial charge in [0.1, 0.15) is 18.2 Å². The summed E-state index contributed by atoms with van der Waals surface area (Å²) < 4.78 is 38.4. The summed E-state index contributed by atoms with van der Waals surface area (Å²) in [5, 5.41) is 10.3. The Labute approximate surface area is 245 Å². The molecule has 0 saturated carbocycles. The molecule has 0 aliphatic carbocycles. The number of esters is 1. The van der Waals surface area contributed by atoms with Crippen molar-refractivity contribution < 1.29 is 37.6 Å². The van der Waals surface area contributed by atoms with Gasteiger partial charge in [0.05, 0.1) is 19.3 Å². The number of rotatable bonds is 12. The lowest BCUT2D eigenvalue weighted by Gasteiger charge is -2.28. The zero-order valence-electron chi connectivity index (χ0n) is 23.3. The van der Waals surface area contributed by atoms with Crippen LogP contribution in [0.4, 0.5) is 4.39 Å². The number of aliphatic hydroxyl groups excluding tert-OH is 1. The SMILES string of the molecule is Cc1cn([C@@H]2O[C@H](CO[P@](=S)(N[C@H](C)C(=O)OC(C)C)OCCSC(=O)C(C)(C)C)[C@@H](O)[C@@]2(F)Cl)c(=O)[nH]c1=O. The summed E-state index contributed by atoms with van der Waals surface area (Å²) in [4.78, 5) is 50.6. The normalized spacial score (nSPS) is 25.5. The summed E-state index contributed by atoms with van der Waals surface area (Å²) in [5.41, 5.74) is -2.14. The molecule has 0 unspecified atom stereocenters. The average molecular weight is 648 g/mol. The minimum atomic E-state index is -3.52. The maximum Gasteiger partial charge on any atom is 0.330 e. The van der Waals surface area contributed by atoms with Crippen LogP contribution in [0.5, 0.6) is 0 Å². The fourth-order valence-electron chi connectivity index (χ4n) is 3.28. The molecule has 0 bridgehead atoms. The number of carbonyl (C=O) groups excluding carboxylic acids is 2. The number of aliphatic hydroxyl groups is 1. The molecule has 0 radical (unpaired) electrons. The molecular weight excluding hydrogens is 612 g/mol. The predicted molar refractivity (Wildman–Crippen MR) is 153 cm³/mol. The van der Waals surface area contributed by atoms with Crippen LogP contribution in [0.25, 0.3) is 0 Å². The molecule has 1 saturated heterocycles. The van der Waals surface area contributed by atoms with Crippen LogP contribution in [0, 0.1) is 12.3 Å². The Morgan fingerprint density at radius 1 is 1.35 bits per heavy atom. The van der Waals surface area contributed by atoms with Crippen LogP contribution < -0.4 is 16.3 Å². The summed E-state index contributed by atoms with van der Waals surface area (Å²) in [6.45, 7) is 7.49. The van der Waals surface area contributed by atoms with Crippen molar-refractivity contribution in [2.24, 2.45) is 5.41 Å². The van der Waals surface area contributed by atoms with Crippen molar-refractivity contribution in [3.05, 3.63) is 32.6 Å². The third-order valence-electron chi connectivity index (χ3n) is 5.43. The molecule has 6 atom stereocenters. The third kappa shape index (κ3) is 9.17. The Morgan fingerprint density at radius 2 is 1.98 bits per heavy atom. The third-order valence-corrected chi connectivity index (χ3v) is 9.75. The molecule has 228 valence electrons. The molecule has 12 nitrogen and oxygen atoms in total. The van der Waals surface area contributed by atoms with E-state index in [2.05, 4.69) is 5.09 Å². The zero-order valence-corrected chi connectivity index (χ0v) is 26.5. The first-order valence-electron chi connectivity index (χ1n) is 12.4. The van der Waals surface area contributed by atoms with E-state index in [-0.39, 0.29) is 23.0 Å². The van der Waals surface area contributed by atoms with E-state index >= 15 is 4.39 Å². The summed E-state index contributed by atoms with van der Waals surface area (Å²) in [5.74, 6) is -0.388. The second-order valence-corrected chi connectivity index (χ2v) is 15.3. The van der Waals surface area contributed by atoms with Crippen LogP contribution in [0.2, 0.25) is 0 Å². The number of aromatic amines is 1. The molecule has 1 aliphatic rings. The van der Waals surface area contributed by atoms with Gasteiger partial charge in [0.2, 0.25) is 0 Å². The molecule has 2 rings (SSSR count). The van der Waals surface area contributed by atoms with Crippen LogP contribution in [0.3, 0.4) is 0 Å². The molecule has 40 heavy (non-hydrogen) atoms. The number of nitrogens with zero attached hydrogens (tertiary/aromatic N) is 1. The zero-order chi connectivity index (χ0) is 30.6. The van der Waals surface area contributed by atoms with E-state index in [0.29, 0.717) is 0 Å². The van der Waals surface area contributed by atoms with Gasteiger partial charge in [-0.3, -0.25) is 23.9 Å². The van der Waals surface area contributed by atoms with E-state index < -0.39 is 71.6 Å². The summed E-state index contributed by atoms with van der Waals surface area (Å²) in [6.07, 6.45) is -4.55. The number of aromatic nitrogens is 2. The number of H-pyrrole nitrogens is 1. The Morgan fingerprint density at radius 3 is 2.55 bits per heavy atom. The van der Waals surface area contributed by atoms with Crippen LogP contribution in [0.15, 0.2) is 15.8 Å². The highest BCUT2D eigenvalue weighted by Crippen LogP contribution is 2.48. The van der Waals surface area contributed by atoms with Crippen molar-refractivity contribution in [1.82, 2.24) is 14.6 Å². The van der Waals surface area contributed by atoms with Gasteiger partial charge < -0.3 is 23.6 Å². The molecule has 17 heteroatoms. The highest BCUT2D eigenvalue weighted by Gasteiger charge is 2.58. The quantitative estimate of drug-likeness (QED) is 0.132. The van der Waals surface area contributed by atoms with Crippen molar-refractivity contribution in [3.63, 3.8) is 0 Å². The van der Waals surface area contributed by atoms with Crippen LogP contribution in [-0.2, 0) is 39.9 Å². The first-order valence-corrected chi connectivity index (χ1v) is 16.4. The van der Waals surface area contributed by atoms with Gasteiger partial charge in [0.25, 0.3) is 17.3 Å². The van der Waals surface area contributed by atoms with Gasteiger partial charge in [-0.05, 0) is 39.5 Å². The molecule has 1 fully saturated rings. The van der Waals surface area contributed by atoms with Gasteiger partial charge in [0, 0.05) is 22.9 Å². The Kier molecular flexibility index (Phi) is 12.2. The number of alkyl halides is 2. The number of ether oxygens (including phenoxy) is 2. The highest BCUT2D eigenvalue weighted by molar-refractivity contribution is 8.13. The highest BCUT2D eigenvalue weighted by atomic mass is 35.5. The summed E-state index contributed by atoms with van der Waals surface area (Å²) in [7, 11) is 0.